The lowest BCUT2D eigenvalue weighted by molar-refractivity contribution is -0.118. The van der Waals surface area contributed by atoms with Gasteiger partial charge < -0.3 is 4.74 Å². The molecule has 0 saturated carbocycles. The van der Waals surface area contributed by atoms with Crippen molar-refractivity contribution < 1.29 is 14.3 Å². The number of carbonyl (C=O) groups is 2. The van der Waals surface area contributed by atoms with Crippen molar-refractivity contribution in [3.8, 4) is 5.75 Å². The third-order valence-electron chi connectivity index (χ3n) is 4.09. The molecule has 4 aromatic rings. The average Bonchev–Trinajstić information content (AvgIpc) is 3.49. The first-order valence-corrected chi connectivity index (χ1v) is 12.0. The van der Waals surface area contributed by atoms with Crippen LogP contribution in [0.4, 0.5) is 5.13 Å². The zero-order valence-corrected chi connectivity index (χ0v) is 18.6. The van der Waals surface area contributed by atoms with E-state index < -0.39 is 0 Å². The summed E-state index contributed by atoms with van der Waals surface area (Å²) in [4.78, 5) is 25.8. The SMILES string of the molecule is O=C(COc1ccc(C(=O)c2ccccc2)cc1)Nc1nnc(SCc2cccs2)s1. The van der Waals surface area contributed by atoms with Crippen molar-refractivity contribution in [3.05, 3.63) is 88.1 Å². The van der Waals surface area contributed by atoms with E-state index >= 15 is 0 Å². The van der Waals surface area contributed by atoms with Crippen LogP contribution in [0, 0.1) is 0 Å². The number of hydrogen-bond acceptors (Lipinski definition) is 8. The molecule has 0 atom stereocenters. The number of ketones is 1. The second-order valence-electron chi connectivity index (χ2n) is 6.30. The molecule has 6 nitrogen and oxygen atoms in total. The van der Waals surface area contributed by atoms with Crippen molar-refractivity contribution in [2.75, 3.05) is 11.9 Å². The number of nitrogens with zero attached hydrogens (tertiary/aromatic N) is 2. The van der Waals surface area contributed by atoms with Crippen molar-refractivity contribution in [3.63, 3.8) is 0 Å². The summed E-state index contributed by atoms with van der Waals surface area (Å²) in [6, 6.07) is 19.9. The van der Waals surface area contributed by atoms with Gasteiger partial charge in [0.2, 0.25) is 5.13 Å². The zero-order chi connectivity index (χ0) is 21.5. The van der Waals surface area contributed by atoms with Crippen LogP contribution < -0.4 is 10.1 Å². The van der Waals surface area contributed by atoms with Gasteiger partial charge in [-0.05, 0) is 35.7 Å². The summed E-state index contributed by atoms with van der Waals surface area (Å²) in [5.41, 5.74) is 1.19. The Morgan fingerprint density at radius 2 is 1.71 bits per heavy atom. The molecule has 0 aliphatic carbocycles. The fraction of sp³-hybridized carbons (Fsp3) is 0.0909. The third kappa shape index (κ3) is 6.00. The van der Waals surface area contributed by atoms with Gasteiger partial charge in [0.05, 0.1) is 0 Å². The molecule has 0 unspecified atom stereocenters. The molecule has 0 radical (unpaired) electrons. The number of ether oxygens (including phenoxy) is 1. The summed E-state index contributed by atoms with van der Waals surface area (Å²) >= 11 is 4.61. The Morgan fingerprint density at radius 3 is 2.45 bits per heavy atom. The van der Waals surface area contributed by atoms with E-state index in [4.69, 9.17) is 4.74 Å². The number of carbonyl (C=O) groups excluding carboxylic acids is 2. The maximum Gasteiger partial charge on any atom is 0.264 e. The Morgan fingerprint density at radius 1 is 0.935 bits per heavy atom. The number of aromatic nitrogens is 2. The maximum absolute atomic E-state index is 12.4. The van der Waals surface area contributed by atoms with Gasteiger partial charge >= 0.3 is 0 Å². The number of benzene rings is 2. The van der Waals surface area contributed by atoms with Gasteiger partial charge in [-0.3, -0.25) is 14.9 Å². The van der Waals surface area contributed by atoms with Crippen molar-refractivity contribution in [1.82, 2.24) is 10.2 Å². The average molecular weight is 468 g/mol. The summed E-state index contributed by atoms with van der Waals surface area (Å²) < 4.78 is 6.31. The fourth-order valence-corrected chi connectivity index (χ4v) is 5.15. The third-order valence-corrected chi connectivity index (χ3v) is 7.17. The largest absolute Gasteiger partial charge is 0.484 e. The summed E-state index contributed by atoms with van der Waals surface area (Å²) in [6.07, 6.45) is 0. The van der Waals surface area contributed by atoms with E-state index in [-0.39, 0.29) is 18.3 Å². The maximum atomic E-state index is 12.4. The molecule has 31 heavy (non-hydrogen) atoms. The Kier molecular flexibility index (Phi) is 7.08. The van der Waals surface area contributed by atoms with Crippen molar-refractivity contribution in [2.45, 2.75) is 10.1 Å². The van der Waals surface area contributed by atoms with Crippen LogP contribution >= 0.6 is 34.4 Å². The predicted molar refractivity (Wildman–Crippen MR) is 124 cm³/mol. The Labute approximate surface area is 191 Å². The van der Waals surface area contributed by atoms with Crippen LogP contribution in [0.15, 0.2) is 76.4 Å². The van der Waals surface area contributed by atoms with Gasteiger partial charge in [0.15, 0.2) is 16.7 Å². The monoisotopic (exact) mass is 467 g/mol. The number of rotatable bonds is 9. The van der Waals surface area contributed by atoms with Gasteiger partial charge in [0, 0.05) is 21.8 Å². The van der Waals surface area contributed by atoms with E-state index in [2.05, 4.69) is 21.6 Å². The van der Waals surface area contributed by atoms with Gasteiger partial charge in [0.25, 0.3) is 5.91 Å². The molecule has 2 aromatic carbocycles. The molecule has 0 aliphatic rings. The number of thiophene rings is 1. The lowest BCUT2D eigenvalue weighted by atomic mass is 10.0. The summed E-state index contributed by atoms with van der Waals surface area (Å²) in [6.45, 7) is -0.163. The van der Waals surface area contributed by atoms with Crippen LogP contribution in [0.25, 0.3) is 0 Å². The molecule has 1 N–H and O–H groups in total. The van der Waals surface area contributed by atoms with E-state index in [9.17, 15) is 9.59 Å². The molecule has 0 bridgehead atoms. The number of thioether (sulfide) groups is 1. The van der Waals surface area contributed by atoms with Gasteiger partial charge in [0.1, 0.15) is 5.75 Å². The van der Waals surface area contributed by atoms with Crippen LogP contribution in [0.1, 0.15) is 20.8 Å². The topological polar surface area (TPSA) is 81.2 Å². The molecule has 156 valence electrons. The standard InChI is InChI=1S/C22H17N3O3S3/c26-19(23-21-24-25-22(31-21)30-14-18-7-4-12-29-18)13-28-17-10-8-16(9-11-17)20(27)15-5-2-1-3-6-15/h1-12H,13-14H2,(H,23,24,26). The van der Waals surface area contributed by atoms with Gasteiger partial charge in [-0.15, -0.1) is 21.5 Å². The minimum absolute atomic E-state index is 0.0612. The molecule has 4 rings (SSSR count). The number of nitrogens with one attached hydrogen (secondary N) is 1. The molecule has 2 aromatic heterocycles. The highest BCUT2D eigenvalue weighted by molar-refractivity contribution is 8.00. The van der Waals surface area contributed by atoms with Crippen molar-refractivity contribution >= 4 is 51.3 Å². The molecule has 1 amide bonds. The second kappa shape index (κ2) is 10.3. The highest BCUT2D eigenvalue weighted by Crippen LogP contribution is 2.29. The lowest BCUT2D eigenvalue weighted by Crippen LogP contribution is -2.20. The van der Waals surface area contributed by atoms with Gasteiger partial charge in [-0.25, -0.2) is 0 Å². The summed E-state index contributed by atoms with van der Waals surface area (Å²) in [5.74, 6) is 0.945. The molecule has 0 fully saturated rings. The lowest BCUT2D eigenvalue weighted by Gasteiger charge is -2.07. The van der Waals surface area contributed by atoms with Crippen LogP contribution in [0.3, 0.4) is 0 Å². The molecule has 0 spiro atoms. The zero-order valence-electron chi connectivity index (χ0n) is 16.2. The van der Waals surface area contributed by atoms with Crippen LogP contribution in [-0.4, -0.2) is 28.5 Å². The van der Waals surface area contributed by atoms with E-state index in [1.807, 2.05) is 29.6 Å². The van der Waals surface area contributed by atoms with Gasteiger partial charge in [-0.2, -0.15) is 0 Å². The first-order valence-electron chi connectivity index (χ1n) is 9.28. The van der Waals surface area contributed by atoms with E-state index in [1.54, 1.807) is 59.5 Å². The number of anilines is 1. The van der Waals surface area contributed by atoms with Crippen molar-refractivity contribution in [2.24, 2.45) is 0 Å². The quantitative estimate of drug-likeness (QED) is 0.209. The molecule has 0 saturated heterocycles. The fourth-order valence-electron chi connectivity index (χ4n) is 2.61. The van der Waals surface area contributed by atoms with Crippen LogP contribution in [-0.2, 0) is 10.5 Å². The van der Waals surface area contributed by atoms with E-state index in [0.29, 0.717) is 22.0 Å². The summed E-state index contributed by atoms with van der Waals surface area (Å²) in [5, 5.41) is 13.3. The minimum atomic E-state index is -0.324. The smallest absolute Gasteiger partial charge is 0.264 e. The summed E-state index contributed by atoms with van der Waals surface area (Å²) in [7, 11) is 0. The Balaban J connectivity index is 1.25. The normalized spacial score (nSPS) is 10.6. The number of amides is 1. The second-order valence-corrected chi connectivity index (χ2v) is 9.53. The predicted octanol–water partition coefficient (Wildman–Crippen LogP) is 5.14. The highest BCUT2D eigenvalue weighted by Gasteiger charge is 2.11. The molecule has 0 aliphatic heterocycles. The van der Waals surface area contributed by atoms with Crippen LogP contribution in [0.5, 0.6) is 5.75 Å². The first kappa shape index (κ1) is 21.2. The minimum Gasteiger partial charge on any atom is -0.484 e. The van der Waals surface area contributed by atoms with Crippen LogP contribution in [0.2, 0.25) is 0 Å². The molecular formula is C22H17N3O3S3. The highest BCUT2D eigenvalue weighted by atomic mass is 32.2. The van der Waals surface area contributed by atoms with E-state index in [1.165, 1.54) is 16.2 Å². The van der Waals surface area contributed by atoms with Gasteiger partial charge in [-0.1, -0.05) is 59.5 Å². The Bertz CT molecular complexity index is 1140. The van der Waals surface area contributed by atoms with Crippen molar-refractivity contribution in [1.29, 1.82) is 0 Å². The number of hydrogen-bond donors (Lipinski definition) is 1. The van der Waals surface area contributed by atoms with E-state index in [0.717, 1.165) is 10.1 Å². The Hall–Kier alpha value is -3.01. The molecule has 9 heteroatoms. The first-order chi connectivity index (χ1) is 15.2. The molecular weight excluding hydrogens is 450 g/mol. The molecule has 2 heterocycles.